The number of aromatic nitrogens is 2. The molecule has 0 spiro atoms. The van der Waals surface area contributed by atoms with Gasteiger partial charge in [-0.1, -0.05) is 25.1 Å². The second-order valence-electron chi connectivity index (χ2n) is 8.79. The minimum atomic E-state index is 0.0874. The van der Waals surface area contributed by atoms with Gasteiger partial charge in [-0.3, -0.25) is 9.69 Å². The molecule has 1 aliphatic heterocycles. The van der Waals surface area contributed by atoms with Gasteiger partial charge < -0.3 is 15.0 Å². The fraction of sp³-hybridized carbons (Fsp3) is 0.500. The number of ether oxygens (including phenoxy) is 1. The van der Waals surface area contributed by atoms with Gasteiger partial charge in [0.25, 0.3) is 0 Å². The van der Waals surface area contributed by atoms with Crippen LogP contribution in [0.4, 0.5) is 5.82 Å². The number of anilines is 1. The lowest BCUT2D eigenvalue weighted by Crippen LogP contribution is -2.39. The van der Waals surface area contributed by atoms with Crippen molar-refractivity contribution < 1.29 is 9.53 Å². The summed E-state index contributed by atoms with van der Waals surface area (Å²) >= 11 is 1.64. The molecule has 1 aromatic carbocycles. The lowest BCUT2D eigenvalue weighted by atomic mass is 10.2. The van der Waals surface area contributed by atoms with Gasteiger partial charge in [0.15, 0.2) is 5.82 Å². The zero-order valence-corrected chi connectivity index (χ0v) is 21.0. The van der Waals surface area contributed by atoms with Crippen LogP contribution in [0, 0.1) is 0 Å². The number of hydrogen-bond acceptors (Lipinski definition) is 7. The summed E-state index contributed by atoms with van der Waals surface area (Å²) in [6.45, 7) is 10.2. The number of hydrogen-bond donors (Lipinski definition) is 1. The number of nitrogens with zero attached hydrogens (tertiary/aromatic N) is 4. The quantitative estimate of drug-likeness (QED) is 0.443. The molecule has 1 saturated heterocycles. The molecule has 4 rings (SSSR count). The number of rotatable bonds is 11. The molecule has 0 saturated carbocycles. The van der Waals surface area contributed by atoms with Crippen molar-refractivity contribution in [1.29, 1.82) is 0 Å². The maximum absolute atomic E-state index is 12.6. The second-order valence-corrected chi connectivity index (χ2v) is 9.73. The Morgan fingerprint density at radius 3 is 2.76 bits per heavy atom. The number of nitrogens with one attached hydrogen (secondary N) is 1. The summed E-state index contributed by atoms with van der Waals surface area (Å²) in [4.78, 5) is 28.2. The Hall–Kier alpha value is -2.55. The number of carbonyl (C=O) groups excluding carboxylic acids is 1. The highest BCUT2D eigenvalue weighted by Crippen LogP contribution is 2.29. The van der Waals surface area contributed by atoms with Gasteiger partial charge in [0.05, 0.1) is 23.6 Å². The van der Waals surface area contributed by atoms with Crippen molar-refractivity contribution >= 4 is 34.0 Å². The zero-order valence-electron chi connectivity index (χ0n) is 20.2. The van der Waals surface area contributed by atoms with Crippen LogP contribution >= 0.6 is 11.3 Å². The summed E-state index contributed by atoms with van der Waals surface area (Å²) in [6, 6.07) is 12.4. The minimum Gasteiger partial charge on any atom is -0.379 e. The van der Waals surface area contributed by atoms with Gasteiger partial charge >= 0.3 is 0 Å². The Kier molecular flexibility index (Phi) is 8.85. The first kappa shape index (κ1) is 24.6. The van der Waals surface area contributed by atoms with Crippen LogP contribution in [0.3, 0.4) is 0 Å². The normalized spacial score (nSPS) is 15.4. The lowest BCUT2D eigenvalue weighted by molar-refractivity contribution is -0.121. The van der Waals surface area contributed by atoms with E-state index in [-0.39, 0.29) is 11.9 Å². The molecule has 3 heterocycles. The zero-order chi connectivity index (χ0) is 23.8. The average Bonchev–Trinajstić information content (AvgIpc) is 3.41. The molecular formula is C26H35N5O2S. The van der Waals surface area contributed by atoms with Crippen molar-refractivity contribution in [3.8, 4) is 10.7 Å². The van der Waals surface area contributed by atoms with E-state index in [1.807, 2.05) is 36.6 Å². The molecule has 1 fully saturated rings. The Morgan fingerprint density at radius 1 is 1.18 bits per heavy atom. The number of morpholine rings is 1. The molecule has 1 amide bonds. The van der Waals surface area contributed by atoms with Gasteiger partial charge in [-0.15, -0.1) is 11.3 Å². The van der Waals surface area contributed by atoms with E-state index in [9.17, 15) is 4.79 Å². The topological polar surface area (TPSA) is 70.6 Å². The van der Waals surface area contributed by atoms with Crippen LogP contribution in [-0.2, 0) is 9.53 Å². The van der Waals surface area contributed by atoms with E-state index in [0.717, 1.165) is 79.7 Å². The Bertz CT molecular complexity index is 1050. The van der Waals surface area contributed by atoms with Crippen LogP contribution < -0.4 is 10.2 Å². The van der Waals surface area contributed by atoms with E-state index >= 15 is 0 Å². The van der Waals surface area contributed by atoms with Crippen molar-refractivity contribution in [2.24, 2.45) is 0 Å². The highest BCUT2D eigenvalue weighted by molar-refractivity contribution is 7.13. The lowest BCUT2D eigenvalue weighted by Gasteiger charge is -2.29. The number of amides is 1. The Morgan fingerprint density at radius 2 is 2.00 bits per heavy atom. The third-order valence-electron chi connectivity index (χ3n) is 6.26. The van der Waals surface area contributed by atoms with Gasteiger partial charge in [-0.25, -0.2) is 9.97 Å². The highest BCUT2D eigenvalue weighted by Gasteiger charge is 2.18. The number of carbonyl (C=O) groups is 1. The number of thiophene rings is 1. The highest BCUT2D eigenvalue weighted by atomic mass is 32.1. The molecule has 0 unspecified atom stereocenters. The van der Waals surface area contributed by atoms with Gasteiger partial charge in [0.1, 0.15) is 5.82 Å². The molecule has 0 bridgehead atoms. The first-order valence-corrected chi connectivity index (χ1v) is 13.2. The molecule has 0 radical (unpaired) electrons. The molecule has 8 heteroatoms. The number of fused-ring (bicyclic) bond motifs is 1. The summed E-state index contributed by atoms with van der Waals surface area (Å²) in [5, 5.41) is 6.17. The molecule has 34 heavy (non-hydrogen) atoms. The maximum atomic E-state index is 12.6. The molecule has 1 N–H and O–H groups in total. The van der Waals surface area contributed by atoms with E-state index < -0.39 is 0 Å². The van der Waals surface area contributed by atoms with Crippen LogP contribution in [0.25, 0.3) is 21.6 Å². The molecule has 182 valence electrons. The van der Waals surface area contributed by atoms with E-state index in [2.05, 4.69) is 34.2 Å². The third kappa shape index (κ3) is 6.52. The molecule has 1 atom stereocenters. The molecule has 0 aliphatic carbocycles. The van der Waals surface area contributed by atoms with Crippen molar-refractivity contribution in [3.63, 3.8) is 0 Å². The van der Waals surface area contributed by atoms with Crippen LogP contribution in [0.15, 0.2) is 41.8 Å². The van der Waals surface area contributed by atoms with Crippen LogP contribution in [-0.4, -0.2) is 72.8 Å². The van der Waals surface area contributed by atoms with E-state index in [4.69, 9.17) is 14.7 Å². The minimum absolute atomic E-state index is 0.0874. The summed E-state index contributed by atoms with van der Waals surface area (Å²) in [7, 11) is 0. The smallest absolute Gasteiger partial charge is 0.221 e. The second kappa shape index (κ2) is 12.2. The monoisotopic (exact) mass is 481 g/mol. The Labute approximate surface area is 206 Å². The SMILES string of the molecule is CC[C@H](C)NC(=O)CCN(CCCN1CCOCC1)c1nc(-c2cccs2)nc2ccccc12. The summed E-state index contributed by atoms with van der Waals surface area (Å²) in [6.07, 6.45) is 2.37. The number of benzene rings is 1. The van der Waals surface area contributed by atoms with E-state index in [1.165, 1.54) is 0 Å². The predicted molar refractivity (Wildman–Crippen MR) is 139 cm³/mol. The van der Waals surface area contributed by atoms with Crippen LogP contribution in [0.1, 0.15) is 33.1 Å². The molecule has 1 aliphatic rings. The third-order valence-corrected chi connectivity index (χ3v) is 7.12. The molecule has 7 nitrogen and oxygen atoms in total. The molecular weight excluding hydrogens is 446 g/mol. The van der Waals surface area contributed by atoms with Crippen LogP contribution in [0.5, 0.6) is 0 Å². The van der Waals surface area contributed by atoms with Gasteiger partial charge in [-0.05, 0) is 43.3 Å². The average molecular weight is 482 g/mol. The fourth-order valence-electron chi connectivity index (χ4n) is 4.14. The van der Waals surface area contributed by atoms with Gasteiger partial charge in [0, 0.05) is 50.6 Å². The van der Waals surface area contributed by atoms with Crippen molar-refractivity contribution in [3.05, 3.63) is 41.8 Å². The largest absolute Gasteiger partial charge is 0.379 e. The summed E-state index contributed by atoms with van der Waals surface area (Å²) < 4.78 is 5.49. The van der Waals surface area contributed by atoms with Gasteiger partial charge in [-0.2, -0.15) is 0 Å². The first-order valence-electron chi connectivity index (χ1n) is 12.3. The van der Waals surface area contributed by atoms with Crippen molar-refractivity contribution in [2.75, 3.05) is 50.8 Å². The summed E-state index contributed by atoms with van der Waals surface area (Å²) in [5.74, 6) is 1.74. The van der Waals surface area contributed by atoms with E-state index in [1.54, 1.807) is 11.3 Å². The summed E-state index contributed by atoms with van der Waals surface area (Å²) in [5.41, 5.74) is 0.929. The number of para-hydroxylation sites is 1. The van der Waals surface area contributed by atoms with Crippen LogP contribution in [0.2, 0.25) is 0 Å². The fourth-order valence-corrected chi connectivity index (χ4v) is 4.79. The molecule has 3 aromatic rings. The van der Waals surface area contributed by atoms with Crippen molar-refractivity contribution in [1.82, 2.24) is 20.2 Å². The maximum Gasteiger partial charge on any atom is 0.221 e. The Balaban J connectivity index is 1.57. The van der Waals surface area contributed by atoms with Crippen molar-refractivity contribution in [2.45, 2.75) is 39.2 Å². The predicted octanol–water partition coefficient (Wildman–Crippen LogP) is 4.19. The van der Waals surface area contributed by atoms with Gasteiger partial charge in [0.2, 0.25) is 5.91 Å². The first-order chi connectivity index (χ1) is 16.6. The van der Waals surface area contributed by atoms with E-state index in [0.29, 0.717) is 13.0 Å². The molecule has 2 aromatic heterocycles. The standard InChI is InChI=1S/C26H35N5O2S/c1-3-20(2)27-24(32)11-14-31(13-7-12-30-15-17-33-18-16-30)26-21-8-4-5-9-22(21)28-25(29-26)23-10-6-19-34-23/h4-6,8-10,19-20H,3,7,11-18H2,1-2H3,(H,27,32)/t20-/m0/s1.